The molecule has 4 heterocycles. The van der Waals surface area contributed by atoms with Gasteiger partial charge in [-0.25, -0.2) is 14.2 Å². The summed E-state index contributed by atoms with van der Waals surface area (Å²) in [6.45, 7) is 0.390. The quantitative estimate of drug-likeness (QED) is 0.270. The molecular weight excluding hydrogens is 521 g/mol. The van der Waals surface area contributed by atoms with Gasteiger partial charge in [0, 0.05) is 29.1 Å². The van der Waals surface area contributed by atoms with E-state index in [-0.39, 0.29) is 17.5 Å². The van der Waals surface area contributed by atoms with E-state index in [0.717, 1.165) is 59.7 Å². The van der Waals surface area contributed by atoms with E-state index in [1.165, 1.54) is 36.6 Å². The Morgan fingerprint density at radius 1 is 1.18 bits per heavy atom. The monoisotopic (exact) mass is 549 g/mol. The standard InChI is InChI=1S/C29H28FN3O5S/c1-36-23-10-17(28(34)35)11-24-26(23)31-29(39-24)33-19-7-8-20(33)13-21(12-19)37-14-22-25(16-3-2-4-18(30)9-16)32-38-27(22)15-5-6-15/h2-4,9-11,15,19-21H,5-8,12-14H2,1H3,(H,34,35)/t19-,20+,21-. The molecule has 3 aliphatic rings. The van der Waals surface area contributed by atoms with E-state index in [1.54, 1.807) is 12.1 Å². The molecule has 2 bridgehead atoms. The van der Waals surface area contributed by atoms with E-state index < -0.39 is 5.97 Å². The van der Waals surface area contributed by atoms with Crippen LogP contribution < -0.4 is 9.64 Å². The van der Waals surface area contributed by atoms with Crippen molar-refractivity contribution in [1.29, 1.82) is 0 Å². The zero-order chi connectivity index (χ0) is 26.7. The molecule has 8 nitrogen and oxygen atoms in total. The number of aromatic carboxylic acids is 1. The van der Waals surface area contributed by atoms with Crippen molar-refractivity contribution in [1.82, 2.24) is 10.1 Å². The molecule has 1 N–H and O–H groups in total. The molecule has 7 rings (SSSR count). The molecule has 0 amide bonds. The number of hydrogen-bond donors (Lipinski definition) is 1. The number of nitrogens with zero attached hydrogens (tertiary/aromatic N) is 3. The van der Waals surface area contributed by atoms with E-state index in [2.05, 4.69) is 10.1 Å². The Morgan fingerprint density at radius 3 is 2.67 bits per heavy atom. The van der Waals surface area contributed by atoms with Crippen molar-refractivity contribution >= 4 is 32.7 Å². The highest BCUT2D eigenvalue weighted by molar-refractivity contribution is 7.22. The van der Waals surface area contributed by atoms with Gasteiger partial charge in [0.05, 0.1) is 30.1 Å². The van der Waals surface area contributed by atoms with Crippen LogP contribution in [0.4, 0.5) is 9.52 Å². The molecule has 2 aromatic heterocycles. The van der Waals surface area contributed by atoms with Gasteiger partial charge in [-0.15, -0.1) is 0 Å². The average molecular weight is 550 g/mol. The molecule has 3 fully saturated rings. The third-order valence-corrected chi connectivity index (χ3v) is 9.17. The summed E-state index contributed by atoms with van der Waals surface area (Å²) in [6.07, 6.45) is 6.12. The summed E-state index contributed by atoms with van der Waals surface area (Å²) in [7, 11) is 1.54. The number of hydrogen-bond acceptors (Lipinski definition) is 8. The number of carbonyl (C=O) groups is 1. The highest BCUT2D eigenvalue weighted by Gasteiger charge is 2.43. The van der Waals surface area contributed by atoms with Crippen LogP contribution in [0.5, 0.6) is 5.75 Å². The van der Waals surface area contributed by atoms with Crippen LogP contribution in [-0.2, 0) is 11.3 Å². The van der Waals surface area contributed by atoms with Crippen molar-refractivity contribution in [2.75, 3.05) is 12.0 Å². The third kappa shape index (κ3) is 4.45. The van der Waals surface area contributed by atoms with E-state index in [0.29, 0.717) is 47.1 Å². The summed E-state index contributed by atoms with van der Waals surface area (Å²) in [6, 6.07) is 10.3. The van der Waals surface area contributed by atoms with E-state index in [4.69, 9.17) is 19.0 Å². The van der Waals surface area contributed by atoms with Crippen molar-refractivity contribution in [3.05, 3.63) is 59.1 Å². The first-order valence-electron chi connectivity index (χ1n) is 13.3. The Bertz CT molecular complexity index is 1550. The van der Waals surface area contributed by atoms with Crippen LogP contribution in [0.2, 0.25) is 0 Å². The van der Waals surface area contributed by atoms with Crippen LogP contribution in [-0.4, -0.2) is 46.5 Å². The fraction of sp³-hybridized carbons (Fsp3) is 0.414. The normalized spacial score (nSPS) is 22.5. The van der Waals surface area contributed by atoms with Gasteiger partial charge in [-0.3, -0.25) is 0 Å². The molecule has 1 aliphatic carbocycles. The van der Waals surface area contributed by atoms with Gasteiger partial charge in [0.15, 0.2) is 5.13 Å². The highest BCUT2D eigenvalue weighted by atomic mass is 32.1. The molecule has 2 aromatic carbocycles. The molecule has 202 valence electrons. The fourth-order valence-corrected chi connectivity index (χ4v) is 7.31. The first kappa shape index (κ1) is 24.5. The second kappa shape index (κ2) is 9.60. The van der Waals surface area contributed by atoms with Crippen molar-refractivity contribution < 1.29 is 28.3 Å². The number of aromatic nitrogens is 2. The highest BCUT2D eigenvalue weighted by Crippen LogP contribution is 2.46. The predicted molar refractivity (Wildman–Crippen MR) is 144 cm³/mol. The summed E-state index contributed by atoms with van der Waals surface area (Å²) in [4.78, 5) is 18.9. The van der Waals surface area contributed by atoms with Crippen LogP contribution >= 0.6 is 11.3 Å². The van der Waals surface area contributed by atoms with Gasteiger partial charge in [0.25, 0.3) is 0 Å². The molecule has 4 aromatic rings. The lowest BCUT2D eigenvalue weighted by Gasteiger charge is -2.38. The maximum Gasteiger partial charge on any atom is 0.335 e. The van der Waals surface area contributed by atoms with Crippen LogP contribution in [0.15, 0.2) is 40.9 Å². The van der Waals surface area contributed by atoms with Crippen molar-refractivity contribution in [3.8, 4) is 17.0 Å². The summed E-state index contributed by atoms with van der Waals surface area (Å²) < 4.78 is 32.5. The number of halogens is 1. The second-order valence-corrected chi connectivity index (χ2v) is 11.7. The molecule has 3 atom stereocenters. The van der Waals surface area contributed by atoms with Crippen LogP contribution in [0.3, 0.4) is 0 Å². The second-order valence-electron chi connectivity index (χ2n) is 10.7. The number of ether oxygens (including phenoxy) is 2. The maximum absolute atomic E-state index is 13.9. The summed E-state index contributed by atoms with van der Waals surface area (Å²) >= 11 is 1.52. The molecule has 2 aliphatic heterocycles. The Hall–Kier alpha value is -3.50. The van der Waals surface area contributed by atoms with Crippen LogP contribution in [0.25, 0.3) is 21.5 Å². The molecule has 1 saturated carbocycles. The Balaban J connectivity index is 1.10. The average Bonchev–Trinajstić information content (AvgIpc) is 3.44. The SMILES string of the molecule is COc1cc(C(=O)O)cc2sc(N3[C@@H]4CC[C@H]3C[C@H](OCc3c(-c5cccc(F)c5)noc3C3CC3)C4)nc12. The maximum atomic E-state index is 13.9. The van der Waals surface area contributed by atoms with Gasteiger partial charge in [-0.05, 0) is 62.8 Å². The lowest BCUT2D eigenvalue weighted by Crippen LogP contribution is -2.45. The summed E-state index contributed by atoms with van der Waals surface area (Å²) in [5.74, 6) is 0.438. The smallest absolute Gasteiger partial charge is 0.335 e. The zero-order valence-corrected chi connectivity index (χ0v) is 22.2. The number of carboxylic acid groups (broad SMARTS) is 1. The van der Waals surface area contributed by atoms with E-state index >= 15 is 0 Å². The molecule has 2 saturated heterocycles. The molecule has 39 heavy (non-hydrogen) atoms. The minimum absolute atomic E-state index is 0.0867. The topological polar surface area (TPSA) is 97.9 Å². The third-order valence-electron chi connectivity index (χ3n) is 8.15. The number of anilines is 1. The lowest BCUT2D eigenvalue weighted by atomic mass is 10.00. The molecule has 0 unspecified atom stereocenters. The fourth-order valence-electron chi connectivity index (χ4n) is 6.14. The summed E-state index contributed by atoms with van der Waals surface area (Å²) in [5.41, 5.74) is 3.20. The molecular formula is C29H28FN3O5S. The Labute approximate surface area is 228 Å². The van der Waals surface area contributed by atoms with E-state index in [9.17, 15) is 14.3 Å². The zero-order valence-electron chi connectivity index (χ0n) is 21.4. The van der Waals surface area contributed by atoms with Crippen molar-refractivity contribution in [2.24, 2.45) is 0 Å². The summed E-state index contributed by atoms with van der Waals surface area (Å²) in [5, 5.41) is 14.7. The van der Waals surface area contributed by atoms with E-state index in [1.807, 2.05) is 6.07 Å². The van der Waals surface area contributed by atoms with Crippen LogP contribution in [0.1, 0.15) is 66.1 Å². The number of piperidine rings is 1. The number of rotatable bonds is 8. The molecule has 0 spiro atoms. The Kier molecular flexibility index (Phi) is 6.04. The van der Waals surface area contributed by atoms with Gasteiger partial charge >= 0.3 is 5.97 Å². The number of methoxy groups -OCH3 is 1. The first-order chi connectivity index (χ1) is 19.0. The molecule has 10 heteroatoms. The minimum atomic E-state index is -0.985. The van der Waals surface area contributed by atoms with Gasteiger partial charge in [0.1, 0.15) is 28.5 Å². The van der Waals surface area contributed by atoms with Crippen molar-refractivity contribution in [3.63, 3.8) is 0 Å². The molecule has 0 radical (unpaired) electrons. The van der Waals surface area contributed by atoms with Crippen molar-refractivity contribution in [2.45, 2.75) is 69.2 Å². The van der Waals surface area contributed by atoms with Gasteiger partial charge < -0.3 is 24.0 Å². The predicted octanol–water partition coefficient (Wildman–Crippen LogP) is 6.39. The number of fused-ring (bicyclic) bond motifs is 3. The number of benzene rings is 2. The first-order valence-corrected chi connectivity index (χ1v) is 14.2. The van der Waals surface area contributed by atoms with Gasteiger partial charge in [0.2, 0.25) is 0 Å². The minimum Gasteiger partial charge on any atom is -0.494 e. The number of thiazole rings is 1. The Morgan fingerprint density at radius 2 is 1.97 bits per heavy atom. The number of carboxylic acids is 1. The van der Waals surface area contributed by atoms with Gasteiger partial charge in [-0.1, -0.05) is 28.6 Å². The van der Waals surface area contributed by atoms with Gasteiger partial charge in [-0.2, -0.15) is 0 Å². The van der Waals surface area contributed by atoms with Crippen LogP contribution in [0, 0.1) is 5.82 Å². The lowest BCUT2D eigenvalue weighted by molar-refractivity contribution is 0.0147. The largest absolute Gasteiger partial charge is 0.494 e.